The summed E-state index contributed by atoms with van der Waals surface area (Å²) in [6.07, 6.45) is -0.212. The number of hydrogen-bond acceptors (Lipinski definition) is 6. The molecule has 1 N–H and O–H groups in total. The molecule has 0 amide bonds. The number of halogens is 2. The van der Waals surface area contributed by atoms with Gasteiger partial charge in [0.2, 0.25) is 5.82 Å². The number of benzene rings is 1. The van der Waals surface area contributed by atoms with Gasteiger partial charge in [-0.2, -0.15) is 4.98 Å². The van der Waals surface area contributed by atoms with Gasteiger partial charge >= 0.3 is 0 Å². The summed E-state index contributed by atoms with van der Waals surface area (Å²) >= 11 is 0. The van der Waals surface area contributed by atoms with Crippen molar-refractivity contribution in [3.63, 3.8) is 0 Å². The molecule has 2 aromatic rings. The summed E-state index contributed by atoms with van der Waals surface area (Å²) in [5.74, 6) is 1.11. The Morgan fingerprint density at radius 1 is 1.33 bits per heavy atom. The highest BCUT2D eigenvalue weighted by Crippen LogP contribution is 2.17. The van der Waals surface area contributed by atoms with Crippen molar-refractivity contribution in [3.8, 4) is 5.75 Å². The van der Waals surface area contributed by atoms with Gasteiger partial charge in [0, 0.05) is 13.1 Å². The van der Waals surface area contributed by atoms with Crippen LogP contribution in [0.1, 0.15) is 17.8 Å². The van der Waals surface area contributed by atoms with E-state index in [2.05, 4.69) is 15.5 Å². The molecule has 21 heavy (non-hydrogen) atoms. The molecular formula is C13H15ClFN3O3. The minimum absolute atomic E-state index is 0. The SMILES string of the molecule is Cl.Fc1ccc(OCc2noc([C@H]3CNCCO3)n2)cc1. The molecule has 1 fully saturated rings. The van der Waals surface area contributed by atoms with E-state index in [1.807, 2.05) is 0 Å². The van der Waals surface area contributed by atoms with E-state index in [0.717, 1.165) is 6.54 Å². The zero-order valence-corrected chi connectivity index (χ0v) is 11.9. The third-order valence-electron chi connectivity index (χ3n) is 2.87. The zero-order chi connectivity index (χ0) is 13.8. The summed E-state index contributed by atoms with van der Waals surface area (Å²) in [7, 11) is 0. The minimum atomic E-state index is -0.304. The van der Waals surface area contributed by atoms with Crippen LogP contribution in [-0.4, -0.2) is 29.8 Å². The van der Waals surface area contributed by atoms with Gasteiger partial charge in [-0.15, -0.1) is 12.4 Å². The molecular weight excluding hydrogens is 301 g/mol. The Morgan fingerprint density at radius 3 is 2.86 bits per heavy atom. The van der Waals surface area contributed by atoms with Gasteiger partial charge in [-0.3, -0.25) is 0 Å². The Balaban J connectivity index is 0.00000161. The van der Waals surface area contributed by atoms with Crippen molar-refractivity contribution in [3.05, 3.63) is 41.8 Å². The highest BCUT2D eigenvalue weighted by molar-refractivity contribution is 5.85. The van der Waals surface area contributed by atoms with Crippen molar-refractivity contribution in [1.29, 1.82) is 0 Å². The molecule has 0 unspecified atom stereocenters. The number of aromatic nitrogens is 2. The van der Waals surface area contributed by atoms with E-state index in [4.69, 9.17) is 14.0 Å². The summed E-state index contributed by atoms with van der Waals surface area (Å²) in [4.78, 5) is 4.22. The average molecular weight is 316 g/mol. The predicted octanol–water partition coefficient (Wildman–Crippen LogP) is 1.87. The lowest BCUT2D eigenvalue weighted by Gasteiger charge is -2.19. The lowest BCUT2D eigenvalue weighted by atomic mass is 10.3. The van der Waals surface area contributed by atoms with Gasteiger partial charge in [-0.25, -0.2) is 4.39 Å². The summed E-state index contributed by atoms with van der Waals surface area (Å²) in [6.45, 7) is 2.26. The van der Waals surface area contributed by atoms with Crippen molar-refractivity contribution in [2.75, 3.05) is 19.7 Å². The van der Waals surface area contributed by atoms with Gasteiger partial charge in [0.05, 0.1) is 6.61 Å². The number of rotatable bonds is 4. The van der Waals surface area contributed by atoms with Gasteiger partial charge in [0.1, 0.15) is 17.7 Å². The van der Waals surface area contributed by atoms with E-state index >= 15 is 0 Å². The van der Waals surface area contributed by atoms with Crippen LogP contribution < -0.4 is 10.1 Å². The van der Waals surface area contributed by atoms with E-state index in [-0.39, 0.29) is 30.9 Å². The van der Waals surface area contributed by atoms with Crippen molar-refractivity contribution < 1.29 is 18.4 Å². The van der Waals surface area contributed by atoms with Crippen LogP contribution in [0.5, 0.6) is 5.75 Å². The van der Waals surface area contributed by atoms with E-state index in [0.29, 0.717) is 30.6 Å². The molecule has 0 saturated carbocycles. The second-order valence-corrected chi connectivity index (χ2v) is 4.35. The van der Waals surface area contributed by atoms with Gasteiger partial charge in [-0.1, -0.05) is 5.16 Å². The molecule has 0 bridgehead atoms. The van der Waals surface area contributed by atoms with Crippen LogP contribution in [0.2, 0.25) is 0 Å². The third kappa shape index (κ3) is 4.13. The Morgan fingerprint density at radius 2 is 2.14 bits per heavy atom. The van der Waals surface area contributed by atoms with Gasteiger partial charge < -0.3 is 19.3 Å². The van der Waals surface area contributed by atoms with Crippen LogP contribution in [0, 0.1) is 5.82 Å². The number of nitrogens with zero attached hydrogens (tertiary/aromatic N) is 2. The van der Waals surface area contributed by atoms with Gasteiger partial charge in [-0.05, 0) is 24.3 Å². The topological polar surface area (TPSA) is 69.4 Å². The first-order valence-corrected chi connectivity index (χ1v) is 6.34. The van der Waals surface area contributed by atoms with Crippen molar-refractivity contribution in [2.24, 2.45) is 0 Å². The van der Waals surface area contributed by atoms with Crippen molar-refractivity contribution >= 4 is 12.4 Å². The Kier molecular flexibility index (Phi) is 5.49. The lowest BCUT2D eigenvalue weighted by molar-refractivity contribution is 0.00755. The fourth-order valence-corrected chi connectivity index (χ4v) is 1.86. The fourth-order valence-electron chi connectivity index (χ4n) is 1.86. The molecule has 1 aliphatic heterocycles. The first-order chi connectivity index (χ1) is 9.81. The normalized spacial score (nSPS) is 18.0. The molecule has 1 saturated heterocycles. The lowest BCUT2D eigenvalue weighted by Crippen LogP contribution is -2.33. The molecule has 8 heteroatoms. The van der Waals surface area contributed by atoms with E-state index in [9.17, 15) is 4.39 Å². The quantitative estimate of drug-likeness (QED) is 0.929. The van der Waals surface area contributed by atoms with E-state index in [1.165, 1.54) is 12.1 Å². The Labute approximate surface area is 127 Å². The molecule has 1 aromatic heterocycles. The highest BCUT2D eigenvalue weighted by Gasteiger charge is 2.22. The van der Waals surface area contributed by atoms with Crippen molar-refractivity contribution in [2.45, 2.75) is 12.7 Å². The van der Waals surface area contributed by atoms with Gasteiger partial charge in [0.25, 0.3) is 5.89 Å². The Bertz CT molecular complexity index is 558. The van der Waals surface area contributed by atoms with Crippen molar-refractivity contribution in [1.82, 2.24) is 15.5 Å². The largest absolute Gasteiger partial charge is 0.485 e. The Hall–Kier alpha value is -1.70. The maximum atomic E-state index is 12.7. The molecule has 2 heterocycles. The summed E-state index contributed by atoms with van der Waals surface area (Å²) < 4.78 is 28.8. The second kappa shape index (κ2) is 7.35. The summed E-state index contributed by atoms with van der Waals surface area (Å²) in [6, 6.07) is 5.76. The molecule has 1 aromatic carbocycles. The standard InChI is InChI=1S/C13H14FN3O3.ClH/c14-9-1-3-10(4-2-9)19-8-12-16-13(20-17-12)11-7-15-5-6-18-11;/h1-4,11,15H,5-8H2;1H/t11-;/m1./s1. The first kappa shape index (κ1) is 15.7. The molecule has 0 spiro atoms. The maximum Gasteiger partial charge on any atom is 0.257 e. The number of ether oxygens (including phenoxy) is 2. The van der Waals surface area contributed by atoms with E-state index in [1.54, 1.807) is 12.1 Å². The number of nitrogens with one attached hydrogen (secondary N) is 1. The van der Waals surface area contributed by atoms with E-state index < -0.39 is 0 Å². The average Bonchev–Trinajstić information content (AvgIpc) is 2.97. The number of hydrogen-bond donors (Lipinski definition) is 1. The molecule has 6 nitrogen and oxygen atoms in total. The van der Waals surface area contributed by atoms with Crippen LogP contribution in [0.25, 0.3) is 0 Å². The fraction of sp³-hybridized carbons (Fsp3) is 0.385. The molecule has 0 radical (unpaired) electrons. The zero-order valence-electron chi connectivity index (χ0n) is 11.1. The molecule has 0 aliphatic carbocycles. The highest BCUT2D eigenvalue weighted by atomic mass is 35.5. The molecule has 1 atom stereocenters. The molecule has 114 valence electrons. The first-order valence-electron chi connectivity index (χ1n) is 6.34. The second-order valence-electron chi connectivity index (χ2n) is 4.35. The van der Waals surface area contributed by atoms with Crippen LogP contribution in [0.4, 0.5) is 4.39 Å². The molecule has 3 rings (SSSR count). The smallest absolute Gasteiger partial charge is 0.257 e. The summed E-state index contributed by atoms with van der Waals surface area (Å²) in [5, 5.41) is 7.02. The molecule has 1 aliphatic rings. The monoisotopic (exact) mass is 315 g/mol. The van der Waals surface area contributed by atoms with Crippen LogP contribution in [0.15, 0.2) is 28.8 Å². The predicted molar refractivity (Wildman–Crippen MR) is 73.8 cm³/mol. The summed E-state index contributed by atoms with van der Waals surface area (Å²) in [5.41, 5.74) is 0. The van der Waals surface area contributed by atoms with Crippen LogP contribution in [-0.2, 0) is 11.3 Å². The maximum absolute atomic E-state index is 12.7. The third-order valence-corrected chi connectivity index (χ3v) is 2.87. The minimum Gasteiger partial charge on any atom is -0.485 e. The van der Waals surface area contributed by atoms with Gasteiger partial charge in [0.15, 0.2) is 6.61 Å². The number of morpholine rings is 1. The van der Waals surface area contributed by atoms with Crippen LogP contribution in [0.3, 0.4) is 0 Å². The van der Waals surface area contributed by atoms with Crippen LogP contribution >= 0.6 is 12.4 Å².